The van der Waals surface area contributed by atoms with Gasteiger partial charge in [0.2, 0.25) is 0 Å². The van der Waals surface area contributed by atoms with Crippen LogP contribution in [0.4, 0.5) is 0 Å². The lowest BCUT2D eigenvalue weighted by molar-refractivity contribution is 0.297. The Hall–Kier alpha value is -0.780. The van der Waals surface area contributed by atoms with Gasteiger partial charge >= 0.3 is 0 Å². The van der Waals surface area contributed by atoms with Crippen LogP contribution in [-0.2, 0) is 17.3 Å². The molecule has 1 heterocycles. The van der Waals surface area contributed by atoms with Crippen LogP contribution in [-0.4, -0.2) is 35.5 Å². The summed E-state index contributed by atoms with van der Waals surface area (Å²) in [4.78, 5) is 0. The van der Waals surface area contributed by atoms with Crippen molar-refractivity contribution in [2.24, 2.45) is 0 Å². The van der Waals surface area contributed by atoms with E-state index in [1.54, 1.807) is 6.26 Å². The van der Waals surface area contributed by atoms with E-state index in [2.05, 4.69) is 5.32 Å². The first kappa shape index (κ1) is 15.6. The van der Waals surface area contributed by atoms with E-state index in [1.807, 2.05) is 19.1 Å². The number of benzene rings is 1. The lowest BCUT2D eigenvalue weighted by atomic mass is 10.2. The predicted octanol–water partition coefficient (Wildman–Crippen LogP) is 2.36. The summed E-state index contributed by atoms with van der Waals surface area (Å²) in [6, 6.07) is 4.03. The van der Waals surface area contributed by atoms with Crippen LogP contribution in [0.25, 0.3) is 0 Å². The normalized spacial score (nSPS) is 17.4. The van der Waals surface area contributed by atoms with Gasteiger partial charge in [-0.1, -0.05) is 11.6 Å². The van der Waals surface area contributed by atoms with E-state index >= 15 is 0 Å². The zero-order valence-electron chi connectivity index (χ0n) is 11.8. The molecule has 112 valence electrons. The molecule has 4 nitrogen and oxygen atoms in total. The van der Waals surface area contributed by atoms with E-state index in [1.165, 1.54) is 0 Å². The fourth-order valence-corrected chi connectivity index (χ4v) is 3.20. The third-order valence-electron chi connectivity index (χ3n) is 3.00. The van der Waals surface area contributed by atoms with Crippen molar-refractivity contribution in [3.8, 4) is 11.5 Å². The highest BCUT2D eigenvalue weighted by atomic mass is 35.5. The molecular formula is C14H20ClNO3S. The van der Waals surface area contributed by atoms with Crippen LogP contribution in [0.3, 0.4) is 0 Å². The molecule has 1 aromatic rings. The van der Waals surface area contributed by atoms with Gasteiger partial charge in [-0.15, -0.1) is 0 Å². The average molecular weight is 318 g/mol. The highest BCUT2D eigenvalue weighted by molar-refractivity contribution is 7.84. The van der Waals surface area contributed by atoms with Crippen LogP contribution in [0.1, 0.15) is 18.9 Å². The van der Waals surface area contributed by atoms with E-state index in [0.29, 0.717) is 42.0 Å². The summed E-state index contributed by atoms with van der Waals surface area (Å²) in [6.07, 6.45) is 2.57. The largest absolute Gasteiger partial charge is 0.489 e. The topological polar surface area (TPSA) is 47.6 Å². The maximum absolute atomic E-state index is 11.2. The summed E-state index contributed by atoms with van der Waals surface area (Å²) in [7, 11) is -0.795. The van der Waals surface area contributed by atoms with Gasteiger partial charge < -0.3 is 14.8 Å². The summed E-state index contributed by atoms with van der Waals surface area (Å²) >= 11 is 6.24. The van der Waals surface area contributed by atoms with Crippen molar-refractivity contribution in [2.45, 2.75) is 25.9 Å². The molecule has 0 aliphatic carbocycles. The van der Waals surface area contributed by atoms with Gasteiger partial charge in [-0.2, -0.15) is 0 Å². The quantitative estimate of drug-likeness (QED) is 0.905. The van der Waals surface area contributed by atoms with E-state index in [-0.39, 0.29) is 6.04 Å². The predicted molar refractivity (Wildman–Crippen MR) is 82.3 cm³/mol. The molecule has 1 N–H and O–H groups in total. The smallest absolute Gasteiger partial charge is 0.179 e. The van der Waals surface area contributed by atoms with Crippen LogP contribution < -0.4 is 14.8 Å². The van der Waals surface area contributed by atoms with E-state index in [0.717, 1.165) is 12.0 Å². The van der Waals surface area contributed by atoms with Gasteiger partial charge in [-0.05, 0) is 24.6 Å². The number of nitrogens with one attached hydrogen (secondary N) is 1. The van der Waals surface area contributed by atoms with Gasteiger partial charge in [0.15, 0.2) is 11.5 Å². The second kappa shape index (κ2) is 7.29. The maximum Gasteiger partial charge on any atom is 0.179 e. The van der Waals surface area contributed by atoms with Gasteiger partial charge in [0, 0.05) is 41.8 Å². The molecular weight excluding hydrogens is 298 g/mol. The minimum atomic E-state index is -0.795. The fraction of sp³-hybridized carbons (Fsp3) is 0.571. The molecule has 20 heavy (non-hydrogen) atoms. The second-order valence-electron chi connectivity index (χ2n) is 4.98. The molecule has 0 aromatic heterocycles. The van der Waals surface area contributed by atoms with Crippen molar-refractivity contribution in [3.05, 3.63) is 22.7 Å². The molecule has 0 radical (unpaired) electrons. The molecule has 0 saturated heterocycles. The molecule has 1 aliphatic rings. The van der Waals surface area contributed by atoms with Gasteiger partial charge in [0.05, 0.1) is 18.2 Å². The molecule has 2 atom stereocenters. The molecule has 6 heteroatoms. The molecule has 0 amide bonds. The van der Waals surface area contributed by atoms with Crippen molar-refractivity contribution in [2.75, 3.05) is 25.2 Å². The lowest BCUT2D eigenvalue weighted by Gasteiger charge is -2.15. The number of hydrogen-bond donors (Lipinski definition) is 1. The van der Waals surface area contributed by atoms with Crippen molar-refractivity contribution >= 4 is 22.4 Å². The summed E-state index contributed by atoms with van der Waals surface area (Å²) in [5.74, 6) is 1.98. The highest BCUT2D eigenvalue weighted by Crippen LogP contribution is 2.37. The summed E-state index contributed by atoms with van der Waals surface area (Å²) < 4.78 is 22.4. The minimum absolute atomic E-state index is 0.190. The number of halogens is 1. The Labute approximate surface area is 127 Å². The Morgan fingerprint density at radius 1 is 1.40 bits per heavy atom. The maximum atomic E-state index is 11.2. The Balaban J connectivity index is 2.04. The van der Waals surface area contributed by atoms with Crippen molar-refractivity contribution in [3.63, 3.8) is 0 Å². The number of rotatable bonds is 5. The third kappa shape index (κ3) is 4.36. The molecule has 0 bridgehead atoms. The van der Waals surface area contributed by atoms with Crippen LogP contribution in [0.15, 0.2) is 12.1 Å². The summed E-state index contributed by atoms with van der Waals surface area (Å²) in [6.45, 7) is 3.95. The van der Waals surface area contributed by atoms with Crippen molar-refractivity contribution in [1.82, 2.24) is 5.32 Å². The van der Waals surface area contributed by atoms with Crippen molar-refractivity contribution in [1.29, 1.82) is 0 Å². The molecule has 0 fully saturated rings. The molecule has 0 spiro atoms. The molecule has 0 saturated carbocycles. The van der Waals surface area contributed by atoms with E-state index in [9.17, 15) is 4.21 Å². The minimum Gasteiger partial charge on any atom is -0.489 e. The second-order valence-corrected chi connectivity index (χ2v) is 6.86. The third-order valence-corrected chi connectivity index (χ3v) is 4.25. The fourth-order valence-electron chi connectivity index (χ4n) is 2.09. The molecule has 1 aromatic carbocycles. The molecule has 1 aliphatic heterocycles. The zero-order valence-corrected chi connectivity index (χ0v) is 13.4. The number of hydrogen-bond acceptors (Lipinski definition) is 4. The zero-order chi connectivity index (χ0) is 14.5. The summed E-state index contributed by atoms with van der Waals surface area (Å²) in [5, 5.41) is 3.91. The van der Waals surface area contributed by atoms with Crippen LogP contribution in [0.5, 0.6) is 11.5 Å². The number of fused-ring (bicyclic) bond motifs is 1. The lowest BCUT2D eigenvalue weighted by Crippen LogP contribution is -2.30. The standard InChI is InChI=1S/C14H20ClNO3S/c1-10(9-20(2)17)16-8-11-6-12(15)14-13(7-11)18-4-3-5-19-14/h6-7,10,16H,3-5,8-9H2,1-2H3. The van der Waals surface area contributed by atoms with Crippen molar-refractivity contribution < 1.29 is 13.7 Å². The van der Waals surface area contributed by atoms with Gasteiger partial charge in [0.25, 0.3) is 0 Å². The first-order valence-corrected chi connectivity index (χ1v) is 8.78. The Morgan fingerprint density at radius 3 is 2.90 bits per heavy atom. The van der Waals surface area contributed by atoms with E-state index in [4.69, 9.17) is 21.1 Å². The highest BCUT2D eigenvalue weighted by Gasteiger charge is 2.15. The monoisotopic (exact) mass is 317 g/mol. The Morgan fingerprint density at radius 2 is 2.15 bits per heavy atom. The first-order valence-electron chi connectivity index (χ1n) is 6.67. The number of ether oxygens (including phenoxy) is 2. The van der Waals surface area contributed by atoms with Crippen LogP contribution >= 0.6 is 11.6 Å². The first-order chi connectivity index (χ1) is 9.56. The van der Waals surface area contributed by atoms with Crippen LogP contribution in [0, 0.1) is 0 Å². The van der Waals surface area contributed by atoms with Crippen LogP contribution in [0.2, 0.25) is 5.02 Å². The Kier molecular flexibility index (Phi) is 5.69. The molecule has 2 unspecified atom stereocenters. The van der Waals surface area contributed by atoms with Gasteiger partial charge in [-0.25, -0.2) is 0 Å². The SMILES string of the molecule is CC(CS(C)=O)NCc1cc(Cl)c2c(c1)OCCCO2. The summed E-state index contributed by atoms with van der Waals surface area (Å²) in [5.41, 5.74) is 1.04. The van der Waals surface area contributed by atoms with Gasteiger partial charge in [-0.3, -0.25) is 4.21 Å². The average Bonchev–Trinajstić information content (AvgIpc) is 2.61. The van der Waals surface area contributed by atoms with Gasteiger partial charge in [0.1, 0.15) is 0 Å². The Bertz CT molecular complexity index is 496. The molecule has 2 rings (SSSR count). The van der Waals surface area contributed by atoms with E-state index < -0.39 is 10.8 Å².